The Kier molecular flexibility index (Phi) is 4.65. The first kappa shape index (κ1) is 18.8. The van der Waals surface area contributed by atoms with Crippen LogP contribution in [-0.4, -0.2) is 26.5 Å². The van der Waals surface area contributed by atoms with Crippen molar-refractivity contribution in [2.24, 2.45) is 5.14 Å². The number of amides is 1. The molecule has 3 N–H and O–H groups in total. The predicted molar refractivity (Wildman–Crippen MR) is 96.1 cm³/mol. The third-order valence-electron chi connectivity index (χ3n) is 4.47. The fourth-order valence-corrected chi connectivity index (χ4v) is 3.58. The van der Waals surface area contributed by atoms with Gasteiger partial charge in [0.2, 0.25) is 10.0 Å². The number of benzene rings is 2. The molecule has 8 nitrogen and oxygen atoms in total. The van der Waals surface area contributed by atoms with Gasteiger partial charge >= 0.3 is 0 Å². The number of nitrogens with zero attached hydrogens (tertiary/aromatic N) is 2. The predicted octanol–water partition coefficient (Wildman–Crippen LogP) is 0.991. The Balaban J connectivity index is 2.00. The van der Waals surface area contributed by atoms with E-state index in [4.69, 9.17) is 15.1 Å². The van der Waals surface area contributed by atoms with Gasteiger partial charge < -0.3 is 14.7 Å². The maximum absolute atomic E-state index is 12.9. The molecule has 0 fully saturated rings. The lowest BCUT2D eigenvalue weighted by atomic mass is 9.92. The largest absolute Gasteiger partial charge is 0.497 e. The molecule has 0 radical (unpaired) electrons. The fraction of sp³-hybridized carbons (Fsp3) is 0.222. The zero-order valence-corrected chi connectivity index (χ0v) is 15.2. The van der Waals surface area contributed by atoms with Gasteiger partial charge in [0.15, 0.2) is 5.60 Å². The lowest BCUT2D eigenvalue weighted by molar-refractivity contribution is -0.135. The number of anilines is 1. The van der Waals surface area contributed by atoms with Crippen LogP contribution < -0.4 is 14.8 Å². The van der Waals surface area contributed by atoms with Crippen molar-refractivity contribution in [3.8, 4) is 11.8 Å². The van der Waals surface area contributed by atoms with E-state index in [2.05, 4.69) is 0 Å². The summed E-state index contributed by atoms with van der Waals surface area (Å²) in [6, 6.07) is 12.5. The van der Waals surface area contributed by atoms with Crippen LogP contribution in [0.15, 0.2) is 47.4 Å². The number of aliphatic hydroxyl groups is 1. The van der Waals surface area contributed by atoms with E-state index in [1.165, 1.54) is 42.3 Å². The molecule has 1 heterocycles. The molecule has 1 unspecified atom stereocenters. The molecule has 0 saturated heterocycles. The van der Waals surface area contributed by atoms with Crippen LogP contribution in [0.2, 0.25) is 0 Å². The summed E-state index contributed by atoms with van der Waals surface area (Å²) in [6.07, 6.45) is -0.396. The summed E-state index contributed by atoms with van der Waals surface area (Å²) in [5, 5.41) is 25.0. The summed E-state index contributed by atoms with van der Waals surface area (Å²) in [7, 11) is -2.35. The maximum atomic E-state index is 12.9. The molecule has 2 aromatic rings. The van der Waals surface area contributed by atoms with Gasteiger partial charge in [0.1, 0.15) is 5.75 Å². The number of rotatable bonds is 5. The number of hydrogen-bond donors (Lipinski definition) is 2. The van der Waals surface area contributed by atoms with Crippen LogP contribution in [0, 0.1) is 11.3 Å². The number of nitriles is 1. The van der Waals surface area contributed by atoms with E-state index in [-0.39, 0.29) is 11.4 Å². The number of nitrogens with two attached hydrogens (primary N) is 1. The molecule has 0 saturated carbocycles. The second kappa shape index (κ2) is 6.66. The standard InChI is InChI=1S/C18H17N3O5S/c1-26-13-4-7-16-15(10-13)18(23,8-9-19)17(22)21(16)11-12-2-5-14(6-3-12)27(20,24)25/h2-7,10,23H,8,11H2,1H3,(H2,20,24,25). The molecule has 1 atom stereocenters. The molecule has 3 rings (SSSR count). The smallest absolute Gasteiger partial charge is 0.265 e. The highest BCUT2D eigenvalue weighted by atomic mass is 32.2. The van der Waals surface area contributed by atoms with E-state index < -0.39 is 28.0 Å². The highest BCUT2D eigenvalue weighted by Crippen LogP contribution is 2.44. The average Bonchev–Trinajstić information content (AvgIpc) is 2.83. The molecule has 0 bridgehead atoms. The molecule has 0 aromatic heterocycles. The molecular formula is C18H17N3O5S. The van der Waals surface area contributed by atoms with Gasteiger partial charge in [0.25, 0.3) is 5.91 Å². The van der Waals surface area contributed by atoms with Crippen LogP contribution in [0.4, 0.5) is 5.69 Å². The lowest BCUT2D eigenvalue weighted by Gasteiger charge is -2.21. The zero-order chi connectivity index (χ0) is 19.8. The Morgan fingerprint density at radius 2 is 1.93 bits per heavy atom. The quantitative estimate of drug-likeness (QED) is 0.786. The fourth-order valence-electron chi connectivity index (χ4n) is 3.07. The van der Waals surface area contributed by atoms with Crippen molar-refractivity contribution < 1.29 is 23.1 Å². The highest BCUT2D eigenvalue weighted by Gasteiger charge is 2.49. The van der Waals surface area contributed by atoms with E-state index in [0.29, 0.717) is 22.6 Å². The molecule has 1 aliphatic rings. The van der Waals surface area contributed by atoms with Crippen LogP contribution in [0.1, 0.15) is 17.5 Å². The van der Waals surface area contributed by atoms with E-state index in [9.17, 15) is 18.3 Å². The van der Waals surface area contributed by atoms with Crippen LogP contribution in [0.5, 0.6) is 5.75 Å². The Hall–Kier alpha value is -2.93. The minimum absolute atomic E-state index is 0.0369. The molecule has 2 aromatic carbocycles. The SMILES string of the molecule is COc1ccc2c(c1)C(O)(CC#N)C(=O)N2Cc1ccc(S(N)(=O)=O)cc1. The minimum atomic E-state index is -3.81. The van der Waals surface area contributed by atoms with E-state index >= 15 is 0 Å². The molecule has 1 amide bonds. The van der Waals surface area contributed by atoms with Crippen LogP contribution in [-0.2, 0) is 27.0 Å². The number of ether oxygens (including phenoxy) is 1. The third-order valence-corrected chi connectivity index (χ3v) is 5.40. The summed E-state index contributed by atoms with van der Waals surface area (Å²) >= 11 is 0. The molecule has 0 aliphatic carbocycles. The number of fused-ring (bicyclic) bond motifs is 1. The number of hydrogen-bond acceptors (Lipinski definition) is 6. The number of sulfonamides is 1. The van der Waals surface area contributed by atoms with Crippen molar-refractivity contribution in [3.05, 3.63) is 53.6 Å². The normalized spacial score (nSPS) is 18.9. The van der Waals surface area contributed by atoms with Crippen LogP contribution in [0.3, 0.4) is 0 Å². The second-order valence-corrected chi connectivity index (χ2v) is 7.72. The summed E-state index contributed by atoms with van der Waals surface area (Å²) in [4.78, 5) is 14.2. The molecule has 0 spiro atoms. The Morgan fingerprint density at radius 3 is 2.48 bits per heavy atom. The number of carbonyl (C=O) groups is 1. The van der Waals surface area contributed by atoms with E-state index in [0.717, 1.165) is 0 Å². The first-order chi connectivity index (χ1) is 12.7. The number of carbonyl (C=O) groups excluding carboxylic acids is 1. The van der Waals surface area contributed by atoms with Crippen LogP contribution >= 0.6 is 0 Å². The van der Waals surface area contributed by atoms with Gasteiger partial charge in [-0.1, -0.05) is 12.1 Å². The monoisotopic (exact) mass is 387 g/mol. The molecule has 140 valence electrons. The van der Waals surface area contributed by atoms with Gasteiger partial charge in [-0.05, 0) is 35.9 Å². The van der Waals surface area contributed by atoms with Crippen molar-refractivity contribution in [1.82, 2.24) is 0 Å². The van der Waals surface area contributed by atoms with Crippen molar-refractivity contribution >= 4 is 21.6 Å². The molecule has 1 aliphatic heterocycles. The van der Waals surface area contributed by atoms with Crippen molar-refractivity contribution in [1.29, 1.82) is 5.26 Å². The van der Waals surface area contributed by atoms with Gasteiger partial charge in [-0.3, -0.25) is 4.79 Å². The summed E-state index contributed by atoms with van der Waals surface area (Å²) < 4.78 is 27.9. The zero-order valence-electron chi connectivity index (χ0n) is 14.4. The van der Waals surface area contributed by atoms with E-state index in [1.807, 2.05) is 6.07 Å². The van der Waals surface area contributed by atoms with Gasteiger partial charge in [0.05, 0.1) is 36.7 Å². The van der Waals surface area contributed by atoms with Crippen molar-refractivity contribution in [3.63, 3.8) is 0 Å². The van der Waals surface area contributed by atoms with Gasteiger partial charge in [-0.25, -0.2) is 13.6 Å². The van der Waals surface area contributed by atoms with Crippen molar-refractivity contribution in [2.45, 2.75) is 23.5 Å². The van der Waals surface area contributed by atoms with Crippen LogP contribution in [0.25, 0.3) is 0 Å². The Morgan fingerprint density at radius 1 is 1.26 bits per heavy atom. The van der Waals surface area contributed by atoms with Gasteiger partial charge in [-0.2, -0.15) is 5.26 Å². The maximum Gasteiger partial charge on any atom is 0.265 e. The van der Waals surface area contributed by atoms with E-state index in [1.54, 1.807) is 12.1 Å². The first-order valence-electron chi connectivity index (χ1n) is 7.92. The molecule has 27 heavy (non-hydrogen) atoms. The third kappa shape index (κ3) is 3.26. The highest BCUT2D eigenvalue weighted by molar-refractivity contribution is 7.89. The Labute approximate surface area is 156 Å². The molecular weight excluding hydrogens is 370 g/mol. The Bertz CT molecular complexity index is 1040. The number of methoxy groups -OCH3 is 1. The summed E-state index contributed by atoms with van der Waals surface area (Å²) in [5.41, 5.74) is -0.554. The van der Waals surface area contributed by atoms with Gasteiger partial charge in [-0.15, -0.1) is 0 Å². The first-order valence-corrected chi connectivity index (χ1v) is 9.47. The second-order valence-electron chi connectivity index (χ2n) is 6.16. The average molecular weight is 387 g/mol. The lowest BCUT2D eigenvalue weighted by Crippen LogP contribution is -2.39. The molecule has 9 heteroatoms. The van der Waals surface area contributed by atoms with Gasteiger partial charge in [0, 0.05) is 5.56 Å². The topological polar surface area (TPSA) is 134 Å². The summed E-state index contributed by atoms with van der Waals surface area (Å²) in [5.74, 6) is -0.167. The number of primary sulfonamides is 1. The summed E-state index contributed by atoms with van der Waals surface area (Å²) in [6.45, 7) is 0.0940. The minimum Gasteiger partial charge on any atom is -0.497 e. The van der Waals surface area contributed by atoms with Crippen molar-refractivity contribution in [2.75, 3.05) is 12.0 Å².